The van der Waals surface area contributed by atoms with Gasteiger partial charge in [-0.1, -0.05) is 60.2 Å². The number of nitrogens with one attached hydrogen (secondary N) is 2. The van der Waals surface area contributed by atoms with Gasteiger partial charge in [-0.15, -0.1) is 0 Å². The highest BCUT2D eigenvalue weighted by Gasteiger charge is 2.17. The molecule has 3 aromatic rings. The third-order valence-electron chi connectivity index (χ3n) is 4.58. The normalized spacial score (nSPS) is 11.4. The minimum atomic E-state index is -0.328. The van der Waals surface area contributed by atoms with Crippen LogP contribution in [0, 0.1) is 6.92 Å². The predicted octanol–water partition coefficient (Wildman–Crippen LogP) is 3.64. The molecular weight excluding hydrogens is 364 g/mol. The first-order chi connectivity index (χ1) is 14.1. The molecule has 5 nitrogen and oxygen atoms in total. The van der Waals surface area contributed by atoms with Gasteiger partial charge in [0.2, 0.25) is 5.91 Å². The smallest absolute Gasteiger partial charge is 0.251 e. The van der Waals surface area contributed by atoms with E-state index in [-0.39, 0.29) is 24.4 Å². The van der Waals surface area contributed by atoms with Crippen LogP contribution in [0.1, 0.15) is 33.1 Å². The fraction of sp³-hybridized carbons (Fsp3) is 0.167. The van der Waals surface area contributed by atoms with Crippen molar-refractivity contribution in [3.63, 3.8) is 0 Å². The summed E-state index contributed by atoms with van der Waals surface area (Å²) in [5.41, 5.74) is 3.41. The molecule has 0 bridgehead atoms. The molecule has 0 aliphatic rings. The summed E-state index contributed by atoms with van der Waals surface area (Å²) in [5, 5.41) is 5.69. The summed E-state index contributed by atoms with van der Waals surface area (Å²) in [6.45, 7) is 1.81. The predicted molar refractivity (Wildman–Crippen MR) is 113 cm³/mol. The first kappa shape index (κ1) is 20.1. The average Bonchev–Trinajstić information content (AvgIpc) is 2.76. The lowest BCUT2D eigenvalue weighted by Gasteiger charge is -2.20. The van der Waals surface area contributed by atoms with Crippen molar-refractivity contribution in [1.29, 1.82) is 0 Å². The Bertz CT molecular complexity index is 969. The SMILES string of the molecule is COc1ccc(C(NC(=O)CNC(=O)c2cccc(C)c2)c2ccccc2)cc1. The Morgan fingerprint density at radius 3 is 2.24 bits per heavy atom. The highest BCUT2D eigenvalue weighted by atomic mass is 16.5. The molecule has 3 rings (SSSR count). The van der Waals surface area contributed by atoms with E-state index in [0.29, 0.717) is 5.56 Å². The third kappa shape index (κ3) is 5.45. The summed E-state index contributed by atoms with van der Waals surface area (Å²) < 4.78 is 5.22. The summed E-state index contributed by atoms with van der Waals surface area (Å²) >= 11 is 0. The number of aryl methyl sites for hydroxylation is 1. The molecule has 0 aliphatic heterocycles. The lowest BCUT2D eigenvalue weighted by molar-refractivity contribution is -0.120. The molecule has 1 unspecified atom stereocenters. The fourth-order valence-electron chi connectivity index (χ4n) is 3.06. The van der Waals surface area contributed by atoms with Crippen molar-refractivity contribution in [3.8, 4) is 5.75 Å². The van der Waals surface area contributed by atoms with Crippen LogP contribution in [-0.2, 0) is 4.79 Å². The molecule has 0 aliphatic carbocycles. The molecule has 3 aromatic carbocycles. The molecule has 1 atom stereocenters. The summed E-state index contributed by atoms with van der Waals surface area (Å²) in [6.07, 6.45) is 0. The Hall–Kier alpha value is -3.60. The molecule has 2 N–H and O–H groups in total. The van der Waals surface area contributed by atoms with Crippen LogP contribution in [-0.4, -0.2) is 25.5 Å². The molecule has 0 saturated carbocycles. The lowest BCUT2D eigenvalue weighted by Crippen LogP contribution is -2.39. The van der Waals surface area contributed by atoms with Crippen molar-refractivity contribution >= 4 is 11.8 Å². The molecule has 0 heterocycles. The summed E-state index contributed by atoms with van der Waals surface area (Å²) in [7, 11) is 1.61. The van der Waals surface area contributed by atoms with Crippen molar-refractivity contribution in [2.24, 2.45) is 0 Å². The minimum Gasteiger partial charge on any atom is -0.497 e. The topological polar surface area (TPSA) is 67.4 Å². The molecule has 29 heavy (non-hydrogen) atoms. The molecule has 0 aromatic heterocycles. The molecule has 0 fully saturated rings. The second-order valence-corrected chi connectivity index (χ2v) is 6.74. The van der Waals surface area contributed by atoms with Crippen LogP contribution >= 0.6 is 0 Å². The zero-order valence-corrected chi connectivity index (χ0v) is 16.5. The molecule has 148 valence electrons. The number of carbonyl (C=O) groups excluding carboxylic acids is 2. The van der Waals surface area contributed by atoms with Crippen molar-refractivity contribution < 1.29 is 14.3 Å². The van der Waals surface area contributed by atoms with Crippen LogP contribution < -0.4 is 15.4 Å². The van der Waals surface area contributed by atoms with Crippen LogP contribution in [0.3, 0.4) is 0 Å². The van der Waals surface area contributed by atoms with Gasteiger partial charge in [-0.25, -0.2) is 0 Å². The fourth-order valence-corrected chi connectivity index (χ4v) is 3.06. The number of methoxy groups -OCH3 is 1. The molecule has 5 heteroatoms. The summed E-state index contributed by atoms with van der Waals surface area (Å²) in [6, 6.07) is 24.2. The second kappa shape index (κ2) is 9.55. The number of hydrogen-bond acceptors (Lipinski definition) is 3. The van der Waals surface area contributed by atoms with Crippen LogP contribution in [0.2, 0.25) is 0 Å². The maximum absolute atomic E-state index is 12.6. The Kier molecular flexibility index (Phi) is 6.63. The quantitative estimate of drug-likeness (QED) is 0.649. The van der Waals surface area contributed by atoms with Crippen LogP contribution in [0.5, 0.6) is 5.75 Å². The summed E-state index contributed by atoms with van der Waals surface area (Å²) in [4.78, 5) is 24.9. The maximum atomic E-state index is 12.6. The highest BCUT2D eigenvalue weighted by molar-refractivity contribution is 5.96. The van der Waals surface area contributed by atoms with E-state index in [1.165, 1.54) is 0 Å². The first-order valence-corrected chi connectivity index (χ1v) is 9.40. The molecular formula is C24H24N2O3. The van der Waals surface area contributed by atoms with Crippen molar-refractivity contribution in [2.45, 2.75) is 13.0 Å². The van der Waals surface area contributed by atoms with Gasteiger partial charge >= 0.3 is 0 Å². The van der Waals surface area contributed by atoms with Crippen LogP contribution in [0.25, 0.3) is 0 Å². The van der Waals surface area contributed by atoms with Gasteiger partial charge in [0, 0.05) is 5.56 Å². The monoisotopic (exact) mass is 388 g/mol. The van der Waals surface area contributed by atoms with E-state index in [4.69, 9.17) is 4.74 Å². The Labute approximate surface area is 170 Å². The zero-order valence-electron chi connectivity index (χ0n) is 16.5. The number of ether oxygens (including phenoxy) is 1. The number of carbonyl (C=O) groups is 2. The van der Waals surface area contributed by atoms with Gasteiger partial charge in [-0.3, -0.25) is 9.59 Å². The second-order valence-electron chi connectivity index (χ2n) is 6.74. The van der Waals surface area contributed by atoms with E-state index < -0.39 is 0 Å². The van der Waals surface area contributed by atoms with Crippen molar-refractivity contribution in [3.05, 3.63) is 101 Å². The van der Waals surface area contributed by atoms with E-state index in [1.54, 1.807) is 19.2 Å². The van der Waals surface area contributed by atoms with Gasteiger partial charge in [0.1, 0.15) is 5.75 Å². The van der Waals surface area contributed by atoms with E-state index in [2.05, 4.69) is 10.6 Å². The average molecular weight is 388 g/mol. The van der Waals surface area contributed by atoms with E-state index in [9.17, 15) is 9.59 Å². The van der Waals surface area contributed by atoms with Gasteiger partial charge in [-0.05, 0) is 42.3 Å². The van der Waals surface area contributed by atoms with E-state index in [1.807, 2.05) is 73.7 Å². The van der Waals surface area contributed by atoms with E-state index >= 15 is 0 Å². The van der Waals surface area contributed by atoms with Gasteiger partial charge in [0.15, 0.2) is 0 Å². The number of benzene rings is 3. The third-order valence-corrected chi connectivity index (χ3v) is 4.58. The molecule has 0 saturated heterocycles. The van der Waals surface area contributed by atoms with Crippen molar-refractivity contribution in [2.75, 3.05) is 13.7 Å². The maximum Gasteiger partial charge on any atom is 0.251 e. The zero-order chi connectivity index (χ0) is 20.6. The minimum absolute atomic E-state index is 0.105. The molecule has 0 spiro atoms. The standard InChI is InChI=1S/C24H24N2O3/c1-17-7-6-10-20(15-17)24(28)25-16-22(27)26-23(18-8-4-3-5-9-18)19-11-13-21(29-2)14-12-19/h3-15,23H,16H2,1-2H3,(H,25,28)(H,26,27). The highest BCUT2D eigenvalue weighted by Crippen LogP contribution is 2.24. The van der Waals surface area contributed by atoms with Crippen LogP contribution in [0.15, 0.2) is 78.9 Å². The van der Waals surface area contributed by atoms with Crippen molar-refractivity contribution in [1.82, 2.24) is 10.6 Å². The lowest BCUT2D eigenvalue weighted by atomic mass is 9.98. The van der Waals surface area contributed by atoms with Gasteiger partial charge in [0.05, 0.1) is 19.7 Å². The van der Waals surface area contributed by atoms with Crippen LogP contribution in [0.4, 0.5) is 0 Å². The Morgan fingerprint density at radius 1 is 0.897 bits per heavy atom. The van der Waals surface area contributed by atoms with Gasteiger partial charge < -0.3 is 15.4 Å². The van der Waals surface area contributed by atoms with Gasteiger partial charge in [-0.2, -0.15) is 0 Å². The molecule has 2 amide bonds. The Morgan fingerprint density at radius 2 is 1.59 bits per heavy atom. The number of hydrogen-bond donors (Lipinski definition) is 2. The van der Waals surface area contributed by atoms with E-state index in [0.717, 1.165) is 22.4 Å². The first-order valence-electron chi connectivity index (χ1n) is 9.40. The number of rotatable bonds is 7. The Balaban J connectivity index is 1.70. The largest absolute Gasteiger partial charge is 0.497 e. The summed E-state index contributed by atoms with van der Waals surface area (Å²) in [5.74, 6) is 0.206. The van der Waals surface area contributed by atoms with Gasteiger partial charge in [0.25, 0.3) is 5.91 Å². The molecule has 0 radical (unpaired) electrons. The number of amides is 2.